The van der Waals surface area contributed by atoms with E-state index in [2.05, 4.69) is 17.1 Å². The van der Waals surface area contributed by atoms with Crippen LogP contribution in [0.1, 0.15) is 0 Å². The van der Waals surface area contributed by atoms with E-state index in [0.717, 1.165) is 19.6 Å². The summed E-state index contributed by atoms with van der Waals surface area (Å²) in [5.74, 6) is 0. The summed E-state index contributed by atoms with van der Waals surface area (Å²) in [6.07, 6.45) is 6.22. The normalized spacial score (nSPS) is 28.6. The molecule has 3 aliphatic heterocycles. The van der Waals surface area contributed by atoms with Gasteiger partial charge < -0.3 is 9.80 Å². The van der Waals surface area contributed by atoms with Gasteiger partial charge in [0.15, 0.2) is 0 Å². The van der Waals surface area contributed by atoms with Gasteiger partial charge in [-0.2, -0.15) is 0 Å². The number of aliphatic imine (C=N–C) groups is 1. The first-order valence-electron chi connectivity index (χ1n) is 5.18. The molecule has 3 rings (SSSR count). The maximum atomic E-state index is 11.7. The largest absolute Gasteiger partial charge is 0.320 e. The molecule has 15 heavy (non-hydrogen) atoms. The molecule has 0 radical (unpaired) electrons. The lowest BCUT2D eigenvalue weighted by Crippen LogP contribution is -2.31. The molecule has 1 fully saturated rings. The minimum absolute atomic E-state index is 0.141. The fourth-order valence-electron chi connectivity index (χ4n) is 2.33. The zero-order valence-corrected chi connectivity index (χ0v) is 8.68. The molecule has 78 valence electrons. The second-order valence-corrected chi connectivity index (χ2v) is 4.19. The highest BCUT2D eigenvalue weighted by Crippen LogP contribution is 2.26. The number of rotatable bonds is 1. The first-order valence-corrected chi connectivity index (χ1v) is 5.18. The lowest BCUT2D eigenvalue weighted by atomic mass is 10.0. The number of nitrogens with zero attached hydrogens (tertiary/aromatic N) is 3. The van der Waals surface area contributed by atoms with E-state index in [-0.39, 0.29) is 12.1 Å². The zero-order chi connectivity index (χ0) is 10.4. The molecule has 2 bridgehead atoms. The highest BCUT2D eigenvalue weighted by molar-refractivity contribution is 5.88. The molecule has 3 heterocycles. The molecule has 4 nitrogen and oxygen atoms in total. The van der Waals surface area contributed by atoms with Crippen LogP contribution in [0.5, 0.6) is 0 Å². The average molecular weight is 203 g/mol. The Labute approximate surface area is 88.6 Å². The highest BCUT2D eigenvalue weighted by Gasteiger charge is 2.37. The van der Waals surface area contributed by atoms with Crippen LogP contribution in [0.25, 0.3) is 0 Å². The fourth-order valence-corrected chi connectivity index (χ4v) is 2.33. The van der Waals surface area contributed by atoms with Gasteiger partial charge in [0, 0.05) is 26.4 Å². The second-order valence-electron chi connectivity index (χ2n) is 4.19. The Balaban J connectivity index is 1.92. The van der Waals surface area contributed by atoms with E-state index in [1.54, 1.807) is 4.90 Å². The van der Waals surface area contributed by atoms with Crippen molar-refractivity contribution in [2.45, 2.75) is 6.04 Å². The van der Waals surface area contributed by atoms with Crippen molar-refractivity contribution in [2.24, 2.45) is 4.99 Å². The number of carbonyl (C=O) groups excluding carboxylic acids is 1. The molecule has 3 aliphatic rings. The van der Waals surface area contributed by atoms with Crippen molar-refractivity contribution in [1.82, 2.24) is 9.80 Å². The van der Waals surface area contributed by atoms with Crippen LogP contribution in [0, 0.1) is 0 Å². The van der Waals surface area contributed by atoms with Gasteiger partial charge in [-0.15, -0.1) is 0 Å². The number of carbonyl (C=O) groups is 1. The van der Waals surface area contributed by atoms with E-state index >= 15 is 0 Å². The summed E-state index contributed by atoms with van der Waals surface area (Å²) < 4.78 is 0. The van der Waals surface area contributed by atoms with Crippen molar-refractivity contribution in [3.05, 3.63) is 23.3 Å². The Morgan fingerprint density at radius 1 is 1.53 bits per heavy atom. The van der Waals surface area contributed by atoms with Crippen molar-refractivity contribution in [3.8, 4) is 0 Å². The van der Waals surface area contributed by atoms with Crippen LogP contribution in [0.15, 0.2) is 28.3 Å². The molecule has 1 unspecified atom stereocenters. The monoisotopic (exact) mass is 203 g/mol. The van der Waals surface area contributed by atoms with E-state index in [9.17, 15) is 4.79 Å². The number of hydrogen-bond donors (Lipinski definition) is 0. The van der Waals surface area contributed by atoms with E-state index in [1.165, 1.54) is 11.1 Å². The molecule has 0 aromatic carbocycles. The van der Waals surface area contributed by atoms with Gasteiger partial charge in [-0.3, -0.25) is 4.99 Å². The van der Waals surface area contributed by atoms with Crippen molar-refractivity contribution >= 4 is 12.2 Å². The minimum Gasteiger partial charge on any atom is -0.319 e. The molecule has 1 atom stereocenters. The van der Waals surface area contributed by atoms with Crippen molar-refractivity contribution < 1.29 is 4.79 Å². The molecule has 4 heteroatoms. The van der Waals surface area contributed by atoms with Gasteiger partial charge in [-0.25, -0.2) is 4.79 Å². The lowest BCUT2D eigenvalue weighted by Gasteiger charge is -2.21. The molecular weight excluding hydrogens is 190 g/mol. The molecule has 0 N–H and O–H groups in total. The van der Waals surface area contributed by atoms with E-state index in [1.807, 2.05) is 18.2 Å². The van der Waals surface area contributed by atoms with Gasteiger partial charge in [0.05, 0.1) is 12.6 Å². The van der Waals surface area contributed by atoms with Gasteiger partial charge in [-0.05, 0) is 11.1 Å². The topological polar surface area (TPSA) is 35.9 Å². The predicted molar refractivity (Wildman–Crippen MR) is 58.0 cm³/mol. The molecule has 1 saturated heterocycles. The Morgan fingerprint density at radius 3 is 3.07 bits per heavy atom. The van der Waals surface area contributed by atoms with Gasteiger partial charge in [0.2, 0.25) is 0 Å². The smallest absolute Gasteiger partial charge is 0.319 e. The van der Waals surface area contributed by atoms with Crippen LogP contribution < -0.4 is 0 Å². The minimum atomic E-state index is 0.141. The van der Waals surface area contributed by atoms with Gasteiger partial charge in [0.25, 0.3) is 0 Å². The second kappa shape index (κ2) is 2.95. The quantitative estimate of drug-likeness (QED) is 0.617. The molecule has 0 saturated carbocycles. The average Bonchev–Trinajstić information content (AvgIpc) is 2.84. The molecule has 0 aromatic rings. The summed E-state index contributed by atoms with van der Waals surface area (Å²) >= 11 is 0. The third kappa shape index (κ3) is 1.21. The summed E-state index contributed by atoms with van der Waals surface area (Å²) in [7, 11) is 1.86. The van der Waals surface area contributed by atoms with Crippen LogP contribution >= 0.6 is 0 Å². The first-order chi connectivity index (χ1) is 7.25. The summed E-state index contributed by atoms with van der Waals surface area (Å²) in [6, 6.07) is 0.387. The maximum Gasteiger partial charge on any atom is 0.320 e. The summed E-state index contributed by atoms with van der Waals surface area (Å²) in [6.45, 7) is 2.35. The van der Waals surface area contributed by atoms with Crippen LogP contribution in [0.2, 0.25) is 0 Å². The lowest BCUT2D eigenvalue weighted by molar-refractivity contribution is 0.201. The first kappa shape index (κ1) is 8.71. The van der Waals surface area contributed by atoms with Crippen LogP contribution in [0.4, 0.5) is 4.79 Å². The van der Waals surface area contributed by atoms with Crippen LogP contribution in [-0.2, 0) is 0 Å². The molecule has 2 amide bonds. The van der Waals surface area contributed by atoms with Gasteiger partial charge >= 0.3 is 6.03 Å². The van der Waals surface area contributed by atoms with Crippen LogP contribution in [-0.4, -0.2) is 54.8 Å². The Kier molecular flexibility index (Phi) is 1.71. The Hall–Kier alpha value is -1.58. The summed E-state index contributed by atoms with van der Waals surface area (Å²) in [5.41, 5.74) is 2.43. The molecular formula is C11H13N3O. The summed E-state index contributed by atoms with van der Waals surface area (Å²) in [4.78, 5) is 19.6. The van der Waals surface area contributed by atoms with Crippen molar-refractivity contribution in [2.75, 3.05) is 26.7 Å². The van der Waals surface area contributed by atoms with Gasteiger partial charge in [0.1, 0.15) is 0 Å². The molecule has 0 spiro atoms. The Bertz CT molecular complexity index is 408. The standard InChI is InChI=1S/C11H13N3O/c1-13-10-4-9(8-2-3-12-5-8)6-14(7-10)11(13)15/h2,4-5,10H,3,6-7H2,1H3. The van der Waals surface area contributed by atoms with Gasteiger partial charge in [-0.1, -0.05) is 12.2 Å². The van der Waals surface area contributed by atoms with E-state index < -0.39 is 0 Å². The number of amides is 2. The van der Waals surface area contributed by atoms with E-state index in [4.69, 9.17) is 0 Å². The molecule has 0 aromatic heterocycles. The zero-order valence-electron chi connectivity index (χ0n) is 8.68. The van der Waals surface area contributed by atoms with Crippen molar-refractivity contribution in [3.63, 3.8) is 0 Å². The van der Waals surface area contributed by atoms with Crippen molar-refractivity contribution in [1.29, 1.82) is 0 Å². The van der Waals surface area contributed by atoms with E-state index in [0.29, 0.717) is 0 Å². The third-order valence-electron chi connectivity index (χ3n) is 3.25. The summed E-state index contributed by atoms with van der Waals surface area (Å²) in [5, 5.41) is 0. The third-order valence-corrected chi connectivity index (χ3v) is 3.25. The fraction of sp³-hybridized carbons (Fsp3) is 0.455. The number of fused-ring (bicyclic) bond motifs is 2. The van der Waals surface area contributed by atoms with Crippen LogP contribution in [0.3, 0.4) is 0 Å². The number of likely N-dealkylation sites (N-methyl/N-ethyl adjacent to an activating group) is 1. The Morgan fingerprint density at radius 2 is 2.40 bits per heavy atom. The SMILES string of the molecule is CN1C(=O)N2CC(C3=CCN=C3)=CC1C2. The molecule has 0 aliphatic carbocycles. The predicted octanol–water partition coefficient (Wildman–Crippen LogP) is 0.673. The highest BCUT2D eigenvalue weighted by atomic mass is 16.2. The maximum absolute atomic E-state index is 11.7. The number of hydrogen-bond acceptors (Lipinski definition) is 2. The number of urea groups is 1.